The average molecular weight is 591 g/mol. The molecule has 1 nitrogen and oxygen atoms in total. The Kier molecular flexibility index (Phi) is 5.39. The molecule has 6 aromatic carbocycles. The lowest BCUT2D eigenvalue weighted by molar-refractivity contribution is 0.656. The molecule has 0 fully saturated rings. The molecule has 1 aromatic heterocycles. The summed E-state index contributed by atoms with van der Waals surface area (Å²) in [5, 5.41) is 2.55. The molecule has 1 aliphatic carbocycles. The number of rotatable bonds is 3. The summed E-state index contributed by atoms with van der Waals surface area (Å²) in [6, 6.07) is 48.7. The van der Waals surface area contributed by atoms with Gasteiger partial charge in [0.15, 0.2) is 0 Å². The van der Waals surface area contributed by atoms with Gasteiger partial charge in [0.25, 0.3) is 0 Å². The molecule has 8 rings (SSSR count). The number of aromatic nitrogens is 1. The van der Waals surface area contributed by atoms with Crippen LogP contribution in [0.4, 0.5) is 0 Å². The van der Waals surface area contributed by atoms with E-state index in [9.17, 15) is 0 Å². The monoisotopic (exact) mass is 589 g/mol. The molecule has 0 spiro atoms. The van der Waals surface area contributed by atoms with E-state index in [0.29, 0.717) is 0 Å². The lowest BCUT2D eigenvalue weighted by Gasteiger charge is -2.25. The molecule has 0 N–H and O–H groups in total. The lowest BCUT2D eigenvalue weighted by Crippen LogP contribution is -2.17. The first-order chi connectivity index (χ1) is 20.0. The second kappa shape index (κ2) is 9.06. The molecule has 1 aliphatic rings. The topological polar surface area (TPSA) is 4.93 Å². The third-order valence-corrected chi connectivity index (χ3v) is 9.54. The second-order valence-corrected chi connectivity index (χ2v) is 12.4. The van der Waals surface area contributed by atoms with Crippen LogP contribution >= 0.6 is 15.9 Å². The molecular weight excluding hydrogens is 562 g/mol. The van der Waals surface area contributed by atoms with Crippen molar-refractivity contribution < 1.29 is 0 Å². The number of hydrogen-bond donors (Lipinski definition) is 0. The van der Waals surface area contributed by atoms with Gasteiger partial charge in [0.2, 0.25) is 0 Å². The highest BCUT2D eigenvalue weighted by atomic mass is 79.9. The number of benzene rings is 6. The van der Waals surface area contributed by atoms with Gasteiger partial charge in [0.1, 0.15) is 0 Å². The molecule has 0 amide bonds. The van der Waals surface area contributed by atoms with E-state index in [2.05, 4.69) is 168 Å². The Morgan fingerprint density at radius 1 is 0.512 bits per heavy atom. The normalized spacial score (nSPS) is 13.4. The first-order valence-corrected chi connectivity index (χ1v) is 14.9. The molecule has 0 saturated carbocycles. The molecule has 0 saturated heterocycles. The SMILES string of the molecule is CC1(C)c2ccccc2-c2cccc(-n3c4ccccc4c4cc(-c5cccc(-c6ccccc6Br)c5)ccc43)c21. The summed E-state index contributed by atoms with van der Waals surface area (Å²) < 4.78 is 3.59. The molecule has 0 unspecified atom stereocenters. The summed E-state index contributed by atoms with van der Waals surface area (Å²) in [6.07, 6.45) is 0. The zero-order valence-electron chi connectivity index (χ0n) is 23.0. The van der Waals surface area contributed by atoms with Crippen molar-refractivity contribution in [3.05, 3.63) is 149 Å². The summed E-state index contributed by atoms with van der Waals surface area (Å²) in [5.41, 5.74) is 14.0. The van der Waals surface area contributed by atoms with Crippen LogP contribution in [0.2, 0.25) is 0 Å². The third kappa shape index (κ3) is 3.60. The van der Waals surface area contributed by atoms with E-state index in [4.69, 9.17) is 0 Å². The fourth-order valence-corrected chi connectivity index (χ4v) is 7.49. The number of hydrogen-bond acceptors (Lipinski definition) is 0. The van der Waals surface area contributed by atoms with Gasteiger partial charge in [0, 0.05) is 20.7 Å². The lowest BCUT2D eigenvalue weighted by atomic mass is 9.81. The Morgan fingerprint density at radius 2 is 1.17 bits per heavy atom. The van der Waals surface area contributed by atoms with Gasteiger partial charge in [-0.05, 0) is 80.9 Å². The molecule has 0 radical (unpaired) electrons. The second-order valence-electron chi connectivity index (χ2n) is 11.5. The van der Waals surface area contributed by atoms with Gasteiger partial charge in [-0.1, -0.05) is 127 Å². The van der Waals surface area contributed by atoms with Gasteiger partial charge in [0.05, 0.1) is 16.7 Å². The van der Waals surface area contributed by atoms with Gasteiger partial charge in [-0.3, -0.25) is 0 Å². The molecule has 1 heterocycles. The van der Waals surface area contributed by atoms with E-state index >= 15 is 0 Å². The largest absolute Gasteiger partial charge is 0.309 e. The Morgan fingerprint density at radius 3 is 2.05 bits per heavy atom. The highest BCUT2D eigenvalue weighted by Gasteiger charge is 2.37. The van der Waals surface area contributed by atoms with Crippen molar-refractivity contribution in [3.8, 4) is 39.1 Å². The Hall–Kier alpha value is -4.40. The molecular formula is C39H28BrN. The van der Waals surface area contributed by atoms with Crippen LogP contribution in [0.1, 0.15) is 25.0 Å². The predicted molar refractivity (Wildman–Crippen MR) is 177 cm³/mol. The molecule has 0 bridgehead atoms. The van der Waals surface area contributed by atoms with Crippen molar-refractivity contribution in [2.24, 2.45) is 0 Å². The predicted octanol–water partition coefficient (Wildman–Crippen LogP) is 11.2. The maximum Gasteiger partial charge on any atom is 0.0541 e. The number of nitrogens with zero attached hydrogens (tertiary/aromatic N) is 1. The summed E-state index contributed by atoms with van der Waals surface area (Å²) in [7, 11) is 0. The highest BCUT2D eigenvalue weighted by Crippen LogP contribution is 2.51. The van der Waals surface area contributed by atoms with Crippen LogP contribution in [0.15, 0.2) is 138 Å². The zero-order chi connectivity index (χ0) is 27.7. The van der Waals surface area contributed by atoms with Crippen molar-refractivity contribution in [1.82, 2.24) is 4.57 Å². The van der Waals surface area contributed by atoms with Crippen molar-refractivity contribution >= 4 is 37.7 Å². The van der Waals surface area contributed by atoms with Crippen molar-refractivity contribution in [2.45, 2.75) is 19.3 Å². The smallest absolute Gasteiger partial charge is 0.0541 e. The van der Waals surface area contributed by atoms with E-state index < -0.39 is 0 Å². The molecule has 41 heavy (non-hydrogen) atoms. The number of para-hydroxylation sites is 1. The standard InChI is InChI=1S/C39H28BrN/c1-39(2)33-17-6-3-14-29(33)31-16-10-20-37(38(31)39)41-35-19-8-5-15-30(35)32-24-26(21-22-36(32)41)25-11-9-12-27(23-25)28-13-4-7-18-34(28)40/h3-24H,1-2H3. The fraction of sp³-hybridized carbons (Fsp3) is 0.0769. The van der Waals surface area contributed by atoms with E-state index in [1.165, 1.54) is 72.0 Å². The minimum atomic E-state index is -0.0910. The van der Waals surface area contributed by atoms with Gasteiger partial charge in [-0.2, -0.15) is 0 Å². The highest BCUT2D eigenvalue weighted by molar-refractivity contribution is 9.10. The maximum absolute atomic E-state index is 3.73. The third-order valence-electron chi connectivity index (χ3n) is 8.85. The molecule has 2 heteroatoms. The van der Waals surface area contributed by atoms with E-state index in [0.717, 1.165) is 4.47 Å². The average Bonchev–Trinajstić information content (AvgIpc) is 3.46. The molecule has 0 atom stereocenters. The van der Waals surface area contributed by atoms with E-state index in [-0.39, 0.29) is 5.41 Å². The van der Waals surface area contributed by atoms with Crippen LogP contribution < -0.4 is 0 Å². The van der Waals surface area contributed by atoms with Gasteiger partial charge < -0.3 is 4.57 Å². The minimum absolute atomic E-state index is 0.0910. The first-order valence-electron chi connectivity index (χ1n) is 14.1. The maximum atomic E-state index is 3.73. The molecule has 196 valence electrons. The molecule has 0 aliphatic heterocycles. The minimum Gasteiger partial charge on any atom is -0.309 e. The van der Waals surface area contributed by atoms with Gasteiger partial charge in [-0.25, -0.2) is 0 Å². The van der Waals surface area contributed by atoms with Crippen molar-refractivity contribution in [1.29, 1.82) is 0 Å². The van der Waals surface area contributed by atoms with E-state index in [1.807, 2.05) is 0 Å². The van der Waals surface area contributed by atoms with Crippen molar-refractivity contribution in [2.75, 3.05) is 0 Å². The Labute approximate surface area is 248 Å². The van der Waals surface area contributed by atoms with Crippen LogP contribution in [-0.2, 0) is 5.41 Å². The van der Waals surface area contributed by atoms with Crippen LogP contribution in [-0.4, -0.2) is 4.57 Å². The van der Waals surface area contributed by atoms with Gasteiger partial charge in [-0.15, -0.1) is 0 Å². The van der Waals surface area contributed by atoms with Crippen LogP contribution in [0.25, 0.3) is 60.9 Å². The quantitative estimate of drug-likeness (QED) is 0.193. The fourth-order valence-electron chi connectivity index (χ4n) is 6.98. The van der Waals surface area contributed by atoms with Crippen LogP contribution in [0.5, 0.6) is 0 Å². The number of halogens is 1. The van der Waals surface area contributed by atoms with Crippen LogP contribution in [0, 0.1) is 0 Å². The summed E-state index contributed by atoms with van der Waals surface area (Å²) in [5.74, 6) is 0. The summed E-state index contributed by atoms with van der Waals surface area (Å²) >= 11 is 3.73. The Balaban J connectivity index is 1.35. The Bertz CT molecular complexity index is 2150. The molecule has 7 aromatic rings. The first kappa shape index (κ1) is 24.4. The van der Waals surface area contributed by atoms with Crippen LogP contribution in [0.3, 0.4) is 0 Å². The van der Waals surface area contributed by atoms with Crippen molar-refractivity contribution in [3.63, 3.8) is 0 Å². The summed E-state index contributed by atoms with van der Waals surface area (Å²) in [6.45, 7) is 4.73. The van der Waals surface area contributed by atoms with E-state index in [1.54, 1.807) is 0 Å². The van der Waals surface area contributed by atoms with Gasteiger partial charge >= 0.3 is 0 Å². The zero-order valence-corrected chi connectivity index (χ0v) is 24.6. The summed E-state index contributed by atoms with van der Waals surface area (Å²) in [4.78, 5) is 0. The number of fused-ring (bicyclic) bond motifs is 6.